The third-order valence-electron chi connectivity index (χ3n) is 5.52. The zero-order valence-corrected chi connectivity index (χ0v) is 18.4. The van der Waals surface area contributed by atoms with E-state index in [4.69, 9.17) is 24.1 Å². The summed E-state index contributed by atoms with van der Waals surface area (Å²) in [4.78, 5) is 0. The predicted octanol–water partition coefficient (Wildman–Crippen LogP) is -2.07. The van der Waals surface area contributed by atoms with Crippen LogP contribution in [0.15, 0.2) is 23.3 Å². The fourth-order valence-corrected chi connectivity index (χ4v) is 3.31. The van der Waals surface area contributed by atoms with Crippen molar-refractivity contribution >= 4 is 0 Å². The van der Waals surface area contributed by atoms with Crippen LogP contribution in [-0.2, 0) is 18.9 Å². The van der Waals surface area contributed by atoms with Crippen molar-refractivity contribution < 1.29 is 54.7 Å². The van der Waals surface area contributed by atoms with Gasteiger partial charge < -0.3 is 54.7 Å². The maximum atomic E-state index is 10.2. The molecule has 0 aliphatic carbocycles. The van der Waals surface area contributed by atoms with E-state index < -0.39 is 55.3 Å². The minimum atomic E-state index is -1.55. The van der Waals surface area contributed by atoms with Gasteiger partial charge in [0.1, 0.15) is 42.7 Å². The molecular formula is C21H36O11. The van der Waals surface area contributed by atoms with E-state index in [1.807, 2.05) is 19.9 Å². The quantitative estimate of drug-likeness (QED) is 0.177. The Hall–Kier alpha value is -0.960. The van der Waals surface area contributed by atoms with Crippen molar-refractivity contribution in [1.82, 2.24) is 0 Å². The molecule has 2 saturated heterocycles. The van der Waals surface area contributed by atoms with Crippen LogP contribution in [0.1, 0.15) is 26.7 Å². The van der Waals surface area contributed by atoms with E-state index in [-0.39, 0.29) is 26.4 Å². The molecule has 0 unspecified atom stereocenters. The third kappa shape index (κ3) is 7.54. The van der Waals surface area contributed by atoms with Crippen molar-refractivity contribution in [3.05, 3.63) is 23.3 Å². The van der Waals surface area contributed by atoms with Crippen LogP contribution in [0.4, 0.5) is 0 Å². The van der Waals surface area contributed by atoms with Gasteiger partial charge >= 0.3 is 0 Å². The van der Waals surface area contributed by atoms with Crippen molar-refractivity contribution in [3.8, 4) is 0 Å². The van der Waals surface area contributed by atoms with Gasteiger partial charge in [-0.05, 0) is 26.7 Å². The number of hydrogen-bond donors (Lipinski definition) is 7. The molecule has 7 N–H and O–H groups in total. The Morgan fingerprint density at radius 1 is 0.844 bits per heavy atom. The van der Waals surface area contributed by atoms with Gasteiger partial charge in [-0.3, -0.25) is 0 Å². The predicted molar refractivity (Wildman–Crippen MR) is 110 cm³/mol. The highest BCUT2D eigenvalue weighted by Crippen LogP contribution is 2.24. The number of hydrogen-bond acceptors (Lipinski definition) is 11. The standard InChI is InChI=1S/C21H36O11/c1-11(4-3-5-12(2)8-22)6-7-29-21-19(28)17(26)16(25)14(32-21)10-31-20-18(27)15(24)13(23)9-30-20/h5-6,13-28H,3-4,7-10H2,1-2H3/b11-6+,12-5-/t13-,14-,15+,16-,17+,18-,19-,20+,21-/m1/s1. The lowest BCUT2D eigenvalue weighted by molar-refractivity contribution is -0.319. The number of aliphatic hydroxyl groups is 7. The van der Waals surface area contributed by atoms with E-state index in [0.717, 1.165) is 24.0 Å². The average Bonchev–Trinajstić information content (AvgIpc) is 2.77. The van der Waals surface area contributed by atoms with Gasteiger partial charge in [0, 0.05) is 0 Å². The Bertz CT molecular complexity index is 625. The van der Waals surface area contributed by atoms with Crippen LogP contribution in [0, 0.1) is 0 Å². The summed E-state index contributed by atoms with van der Waals surface area (Å²) in [5.41, 5.74) is 1.92. The van der Waals surface area contributed by atoms with Gasteiger partial charge in [0.05, 0.1) is 26.4 Å². The van der Waals surface area contributed by atoms with Crippen LogP contribution >= 0.6 is 0 Å². The first-order valence-corrected chi connectivity index (χ1v) is 10.7. The molecule has 2 aliphatic heterocycles. The molecule has 0 radical (unpaired) electrons. The van der Waals surface area contributed by atoms with E-state index in [0.29, 0.717) is 0 Å². The molecule has 9 atom stereocenters. The van der Waals surface area contributed by atoms with Crippen molar-refractivity contribution in [2.45, 2.75) is 82.0 Å². The van der Waals surface area contributed by atoms with Gasteiger partial charge in [-0.1, -0.05) is 23.3 Å². The van der Waals surface area contributed by atoms with Crippen LogP contribution in [0.25, 0.3) is 0 Å². The van der Waals surface area contributed by atoms with Gasteiger partial charge in [0.15, 0.2) is 12.6 Å². The maximum Gasteiger partial charge on any atom is 0.187 e. The fourth-order valence-electron chi connectivity index (χ4n) is 3.31. The summed E-state index contributed by atoms with van der Waals surface area (Å²) in [5, 5.41) is 68.6. The first kappa shape index (κ1) is 27.3. The minimum absolute atomic E-state index is 0.0240. The molecule has 186 valence electrons. The summed E-state index contributed by atoms with van der Waals surface area (Å²) in [5.74, 6) is 0. The van der Waals surface area contributed by atoms with Gasteiger partial charge in [0.2, 0.25) is 0 Å². The second-order valence-corrected chi connectivity index (χ2v) is 8.23. The van der Waals surface area contributed by atoms with Gasteiger partial charge in [0.25, 0.3) is 0 Å². The lowest BCUT2D eigenvalue weighted by Gasteiger charge is -2.41. The molecule has 0 aromatic carbocycles. The van der Waals surface area contributed by atoms with E-state index in [1.54, 1.807) is 6.08 Å². The molecule has 11 nitrogen and oxygen atoms in total. The molecule has 2 rings (SSSR count). The highest BCUT2D eigenvalue weighted by atomic mass is 16.7. The highest BCUT2D eigenvalue weighted by molar-refractivity contribution is 5.03. The Balaban J connectivity index is 1.85. The van der Waals surface area contributed by atoms with E-state index in [2.05, 4.69) is 0 Å². The molecule has 2 aliphatic rings. The number of ether oxygens (including phenoxy) is 4. The molecule has 2 heterocycles. The van der Waals surface area contributed by atoms with E-state index in [9.17, 15) is 30.6 Å². The summed E-state index contributed by atoms with van der Waals surface area (Å²) < 4.78 is 21.6. The summed E-state index contributed by atoms with van der Waals surface area (Å²) in [6.07, 6.45) is -7.05. The molecule has 11 heteroatoms. The normalized spacial score (nSPS) is 39.3. The molecule has 0 spiro atoms. The largest absolute Gasteiger partial charge is 0.392 e. The molecular weight excluding hydrogens is 428 g/mol. The molecule has 0 bridgehead atoms. The Labute approximate surface area is 187 Å². The first-order chi connectivity index (χ1) is 15.1. The molecule has 32 heavy (non-hydrogen) atoms. The fraction of sp³-hybridized carbons (Fsp3) is 0.810. The lowest BCUT2D eigenvalue weighted by Crippen LogP contribution is -2.60. The number of allylic oxidation sites excluding steroid dienone is 2. The van der Waals surface area contributed by atoms with E-state index in [1.165, 1.54) is 0 Å². The van der Waals surface area contributed by atoms with Crippen LogP contribution < -0.4 is 0 Å². The van der Waals surface area contributed by atoms with Crippen LogP contribution in [0.2, 0.25) is 0 Å². The van der Waals surface area contributed by atoms with Crippen LogP contribution in [0.3, 0.4) is 0 Å². The van der Waals surface area contributed by atoms with Gasteiger partial charge in [-0.2, -0.15) is 0 Å². The second-order valence-electron chi connectivity index (χ2n) is 8.23. The summed E-state index contributed by atoms with van der Waals surface area (Å²) >= 11 is 0. The zero-order chi connectivity index (χ0) is 23.8. The van der Waals surface area contributed by atoms with Gasteiger partial charge in [-0.25, -0.2) is 0 Å². The Morgan fingerprint density at radius 3 is 2.22 bits per heavy atom. The SMILES string of the molecule is C/C(=C/CC/C(C)=C/CO[C@@H]1O[C@H](CO[C@@H]2OC[C@@H](O)[C@H](O)[C@H]2O)[C@@H](O)[C@H](O)[C@H]1O)CO. The number of aliphatic hydroxyl groups excluding tert-OH is 7. The smallest absolute Gasteiger partial charge is 0.187 e. The monoisotopic (exact) mass is 464 g/mol. The second kappa shape index (κ2) is 13.1. The van der Waals surface area contributed by atoms with Crippen molar-refractivity contribution in [3.63, 3.8) is 0 Å². The summed E-state index contributed by atoms with van der Waals surface area (Å²) in [7, 11) is 0. The molecule has 0 saturated carbocycles. The Morgan fingerprint density at radius 2 is 1.53 bits per heavy atom. The molecule has 0 amide bonds. The molecule has 0 aromatic heterocycles. The topological polar surface area (TPSA) is 179 Å². The van der Waals surface area contributed by atoms with Gasteiger partial charge in [-0.15, -0.1) is 0 Å². The Kier molecular flexibility index (Phi) is 11.1. The van der Waals surface area contributed by atoms with E-state index >= 15 is 0 Å². The average molecular weight is 465 g/mol. The summed E-state index contributed by atoms with van der Waals surface area (Å²) in [6.45, 7) is 3.30. The first-order valence-electron chi connectivity index (χ1n) is 10.7. The van der Waals surface area contributed by atoms with Crippen molar-refractivity contribution in [1.29, 1.82) is 0 Å². The zero-order valence-electron chi connectivity index (χ0n) is 18.4. The van der Waals surface area contributed by atoms with Crippen LogP contribution in [-0.4, -0.2) is 117 Å². The van der Waals surface area contributed by atoms with Crippen LogP contribution in [0.5, 0.6) is 0 Å². The summed E-state index contributed by atoms with van der Waals surface area (Å²) in [6, 6.07) is 0. The lowest BCUT2D eigenvalue weighted by atomic mass is 9.99. The minimum Gasteiger partial charge on any atom is -0.392 e. The van der Waals surface area contributed by atoms with Crippen molar-refractivity contribution in [2.75, 3.05) is 26.4 Å². The molecule has 2 fully saturated rings. The third-order valence-corrected chi connectivity index (χ3v) is 5.52. The molecule has 0 aromatic rings. The highest BCUT2D eigenvalue weighted by Gasteiger charge is 2.45. The maximum absolute atomic E-state index is 10.2. The van der Waals surface area contributed by atoms with Crippen molar-refractivity contribution in [2.24, 2.45) is 0 Å². The number of rotatable bonds is 10.